The Morgan fingerprint density at radius 3 is 2.68 bits per heavy atom. The molecule has 0 spiro atoms. The number of anilines is 2. The van der Waals surface area contributed by atoms with Crippen molar-refractivity contribution in [3.05, 3.63) is 5.82 Å². The largest absolute Gasteiger partial charge is 0.465 e. The number of H-pyrrole nitrogens is 1. The van der Waals surface area contributed by atoms with Crippen molar-refractivity contribution in [3.63, 3.8) is 0 Å². The van der Waals surface area contributed by atoms with Gasteiger partial charge >= 0.3 is 6.09 Å². The molecule has 1 aromatic heterocycles. The second kappa shape index (κ2) is 3.43. The maximum Gasteiger partial charge on any atom is 0.410 e. The van der Waals surface area contributed by atoms with E-state index in [9.17, 15) is 4.79 Å². The van der Waals surface area contributed by atoms with Gasteiger partial charge in [0.1, 0.15) is 11.6 Å². The van der Waals surface area contributed by atoms with Gasteiger partial charge in [-0.15, -0.1) is 0 Å². The van der Waals surface area contributed by atoms with Gasteiger partial charge in [0.25, 0.3) is 0 Å². The van der Waals surface area contributed by atoms with Gasteiger partial charge in [-0.05, 0) is 49.9 Å². The number of nitrogens with two attached hydrogens (primary N) is 1. The summed E-state index contributed by atoms with van der Waals surface area (Å²) in [6.07, 6.45) is 5.23. The Balaban J connectivity index is 1.71. The number of imidazole rings is 1. The van der Waals surface area contributed by atoms with E-state index in [0.717, 1.165) is 17.7 Å². The number of aromatic amines is 1. The maximum absolute atomic E-state index is 10.7. The summed E-state index contributed by atoms with van der Waals surface area (Å²) in [5.41, 5.74) is 5.98. The number of carbonyl (C=O) groups is 1. The first-order valence-electron chi connectivity index (χ1n) is 6.93. The van der Waals surface area contributed by atoms with Crippen LogP contribution in [-0.4, -0.2) is 21.2 Å². The first-order valence-corrected chi connectivity index (χ1v) is 6.93. The van der Waals surface area contributed by atoms with Crippen molar-refractivity contribution in [1.82, 2.24) is 9.97 Å². The fraction of sp³-hybridized carbons (Fsp3) is 0.692. The van der Waals surface area contributed by atoms with Crippen LogP contribution >= 0.6 is 0 Å². The Morgan fingerprint density at radius 1 is 1.37 bits per heavy atom. The Hall–Kier alpha value is -1.72. The van der Waals surface area contributed by atoms with E-state index in [2.05, 4.69) is 15.3 Å². The SMILES string of the molecule is Nc1[nH]c(C23CC4CC(CC2C4)C3)nc1NC(=O)O. The number of aromatic nitrogens is 2. The zero-order valence-corrected chi connectivity index (χ0v) is 10.6. The van der Waals surface area contributed by atoms with Gasteiger partial charge in [0.05, 0.1) is 0 Å². The molecule has 4 bridgehead atoms. The maximum atomic E-state index is 10.7. The molecule has 4 aliphatic rings. The van der Waals surface area contributed by atoms with E-state index in [1.807, 2.05) is 0 Å². The van der Waals surface area contributed by atoms with Gasteiger partial charge < -0.3 is 15.8 Å². The molecular formula is C13H18N4O2. The summed E-state index contributed by atoms with van der Waals surface area (Å²) in [5, 5.41) is 11.0. The van der Waals surface area contributed by atoms with Gasteiger partial charge in [-0.25, -0.2) is 9.78 Å². The lowest BCUT2D eigenvalue weighted by Crippen LogP contribution is -2.29. The van der Waals surface area contributed by atoms with E-state index < -0.39 is 6.09 Å². The molecule has 5 rings (SSSR count). The minimum atomic E-state index is -1.13. The standard InChI is InChI=1S/C13H18N4O2/c14-9-10(17-12(18)19)16-11(15-9)13-4-6-1-7(5-13)3-8(13)2-6/h6-8,17H,1-5,14H2,(H,15,16)(H,18,19). The minimum absolute atomic E-state index is 0.139. The molecular weight excluding hydrogens is 244 g/mol. The van der Waals surface area contributed by atoms with Crippen molar-refractivity contribution in [3.8, 4) is 0 Å². The van der Waals surface area contributed by atoms with Crippen molar-refractivity contribution in [1.29, 1.82) is 0 Å². The predicted octanol–water partition coefficient (Wildman–Crippen LogP) is 2.16. The second-order valence-electron chi connectivity index (χ2n) is 6.48. The molecule has 2 unspecified atom stereocenters. The third-order valence-electron chi connectivity index (χ3n) is 5.42. The van der Waals surface area contributed by atoms with Gasteiger partial charge in [-0.3, -0.25) is 5.32 Å². The third-order valence-corrected chi connectivity index (χ3v) is 5.42. The molecule has 1 amide bonds. The Morgan fingerprint density at radius 2 is 2.05 bits per heavy atom. The van der Waals surface area contributed by atoms with Crippen LogP contribution < -0.4 is 11.1 Å². The van der Waals surface area contributed by atoms with E-state index in [4.69, 9.17) is 10.8 Å². The molecule has 0 radical (unpaired) electrons. The van der Waals surface area contributed by atoms with Crippen LogP contribution in [0.25, 0.3) is 0 Å². The Labute approximate surface area is 110 Å². The molecule has 1 heterocycles. The normalized spacial score (nSPS) is 38.8. The summed E-state index contributed by atoms with van der Waals surface area (Å²) in [6, 6.07) is 0. The zero-order valence-electron chi connectivity index (χ0n) is 10.6. The number of carboxylic acid groups (broad SMARTS) is 1. The molecule has 4 aliphatic carbocycles. The van der Waals surface area contributed by atoms with Crippen LogP contribution in [0.3, 0.4) is 0 Å². The molecule has 0 aliphatic heterocycles. The summed E-state index contributed by atoms with van der Waals surface area (Å²) in [5.74, 6) is 3.86. The monoisotopic (exact) mass is 262 g/mol. The lowest BCUT2D eigenvalue weighted by molar-refractivity contribution is 0.209. The predicted molar refractivity (Wildman–Crippen MR) is 69.9 cm³/mol. The molecule has 2 atom stereocenters. The second-order valence-corrected chi connectivity index (χ2v) is 6.48. The molecule has 4 saturated carbocycles. The first kappa shape index (κ1) is 11.1. The van der Waals surface area contributed by atoms with E-state index in [1.54, 1.807) is 0 Å². The number of nitrogen functional groups attached to an aromatic ring is 1. The summed E-state index contributed by atoms with van der Waals surface area (Å²) in [7, 11) is 0. The van der Waals surface area contributed by atoms with Crippen LogP contribution in [-0.2, 0) is 5.41 Å². The number of rotatable bonds is 2. The molecule has 6 nitrogen and oxygen atoms in total. The highest BCUT2D eigenvalue weighted by atomic mass is 16.4. The highest BCUT2D eigenvalue weighted by Gasteiger charge is 2.59. The van der Waals surface area contributed by atoms with Crippen molar-refractivity contribution in [2.24, 2.45) is 17.8 Å². The van der Waals surface area contributed by atoms with E-state index in [1.165, 1.54) is 32.1 Å². The molecule has 5 N–H and O–H groups in total. The fourth-order valence-corrected chi connectivity index (χ4v) is 5.00. The van der Waals surface area contributed by atoms with Crippen molar-refractivity contribution in [2.45, 2.75) is 37.5 Å². The van der Waals surface area contributed by atoms with Crippen LogP contribution in [0.5, 0.6) is 0 Å². The summed E-state index contributed by atoms with van der Waals surface area (Å²) in [6.45, 7) is 0. The van der Waals surface area contributed by atoms with Crippen LogP contribution in [0.1, 0.15) is 37.9 Å². The average Bonchev–Trinajstić information content (AvgIpc) is 2.88. The van der Waals surface area contributed by atoms with Crippen molar-refractivity contribution in [2.75, 3.05) is 11.1 Å². The quantitative estimate of drug-likeness (QED) is 0.655. The Bertz CT molecular complexity index is 539. The van der Waals surface area contributed by atoms with Crippen LogP contribution in [0.4, 0.5) is 16.4 Å². The van der Waals surface area contributed by atoms with Crippen molar-refractivity contribution < 1.29 is 9.90 Å². The molecule has 19 heavy (non-hydrogen) atoms. The number of hydrogen-bond donors (Lipinski definition) is 4. The van der Waals surface area contributed by atoms with Crippen molar-refractivity contribution >= 4 is 17.7 Å². The average molecular weight is 262 g/mol. The lowest BCUT2D eigenvalue weighted by Gasteiger charge is -2.30. The van der Waals surface area contributed by atoms with Gasteiger partial charge in [-0.2, -0.15) is 0 Å². The molecule has 0 saturated heterocycles. The number of nitrogens with zero attached hydrogens (tertiary/aromatic N) is 1. The van der Waals surface area contributed by atoms with Crippen LogP contribution in [0.2, 0.25) is 0 Å². The summed E-state index contributed by atoms with van der Waals surface area (Å²) in [4.78, 5) is 18.3. The highest BCUT2D eigenvalue weighted by Crippen LogP contribution is 2.65. The number of amides is 1. The smallest absolute Gasteiger partial charge is 0.410 e. The van der Waals surface area contributed by atoms with E-state index >= 15 is 0 Å². The fourth-order valence-electron chi connectivity index (χ4n) is 5.00. The first-order chi connectivity index (χ1) is 9.07. The topological polar surface area (TPSA) is 104 Å². The van der Waals surface area contributed by atoms with Gasteiger partial charge in [0.15, 0.2) is 5.82 Å². The zero-order chi connectivity index (χ0) is 13.2. The molecule has 0 aromatic carbocycles. The third kappa shape index (κ3) is 1.42. The highest BCUT2D eigenvalue weighted by molar-refractivity contribution is 5.84. The summed E-state index contributed by atoms with van der Waals surface area (Å²) < 4.78 is 0. The Kier molecular flexibility index (Phi) is 2.01. The van der Waals surface area contributed by atoms with Gasteiger partial charge in [0, 0.05) is 5.41 Å². The lowest BCUT2D eigenvalue weighted by atomic mass is 9.75. The number of nitrogens with one attached hydrogen (secondary N) is 2. The minimum Gasteiger partial charge on any atom is -0.465 e. The molecule has 102 valence electrons. The van der Waals surface area contributed by atoms with Crippen LogP contribution in [0.15, 0.2) is 0 Å². The van der Waals surface area contributed by atoms with Gasteiger partial charge in [-0.1, -0.05) is 0 Å². The van der Waals surface area contributed by atoms with E-state index in [0.29, 0.717) is 11.7 Å². The van der Waals surface area contributed by atoms with Crippen LogP contribution in [0, 0.1) is 17.8 Å². The summed E-state index contributed by atoms with van der Waals surface area (Å²) >= 11 is 0. The van der Waals surface area contributed by atoms with Gasteiger partial charge in [0.2, 0.25) is 0 Å². The molecule has 6 heteroatoms. The van der Waals surface area contributed by atoms with E-state index in [-0.39, 0.29) is 11.2 Å². The molecule has 4 fully saturated rings. The molecule has 1 aromatic rings. The number of hydrogen-bond acceptors (Lipinski definition) is 3.